The van der Waals surface area contributed by atoms with Crippen LogP contribution in [0.1, 0.15) is 12.8 Å². The van der Waals surface area contributed by atoms with E-state index in [1.54, 1.807) is 0 Å². The maximum absolute atomic E-state index is 10.9. The van der Waals surface area contributed by atoms with Crippen LogP contribution in [0.3, 0.4) is 0 Å². The predicted octanol–water partition coefficient (Wildman–Crippen LogP) is 0.170. The molecule has 0 rings (SSSR count). The summed E-state index contributed by atoms with van der Waals surface area (Å²) < 4.78 is 4.68. The van der Waals surface area contributed by atoms with Gasteiger partial charge in [0.2, 0.25) is 0 Å². The van der Waals surface area contributed by atoms with Crippen molar-refractivity contribution in [2.75, 3.05) is 19.7 Å². The highest BCUT2D eigenvalue weighted by Crippen LogP contribution is 1.85. The highest BCUT2D eigenvalue weighted by Gasteiger charge is 2.00. The quantitative estimate of drug-likeness (QED) is 0.332. The summed E-state index contributed by atoms with van der Waals surface area (Å²) in [4.78, 5) is 21.0. The number of esters is 1. The molecule has 0 saturated carbocycles. The number of nitrogens with one attached hydrogen (secondary N) is 1. The molecule has 0 aromatic rings. The van der Waals surface area contributed by atoms with Crippen LogP contribution < -0.4 is 5.32 Å². The second kappa shape index (κ2) is 8.25. The van der Waals surface area contributed by atoms with Crippen LogP contribution in [0.15, 0.2) is 12.7 Å². The molecular weight excluding hydrogens is 186 g/mol. The van der Waals surface area contributed by atoms with Gasteiger partial charge in [-0.15, -0.1) is 0 Å². The summed E-state index contributed by atoms with van der Waals surface area (Å²) in [6.45, 7) is 4.20. The van der Waals surface area contributed by atoms with Gasteiger partial charge in [-0.3, -0.25) is 9.59 Å². The Labute approximate surface area is 82.7 Å². The molecule has 0 unspecified atom stereocenters. The standard InChI is InChI=1S/C9H15NO4/c1-2-6-14-9(13)7-10-5-3-4-8(11)12/h2,10H,1,3-7H2,(H,11,12). The Morgan fingerprint density at radius 1 is 1.50 bits per heavy atom. The fraction of sp³-hybridized carbons (Fsp3) is 0.556. The summed E-state index contributed by atoms with van der Waals surface area (Å²) in [5.74, 6) is -1.19. The highest BCUT2D eigenvalue weighted by atomic mass is 16.5. The summed E-state index contributed by atoms with van der Waals surface area (Å²) in [6.07, 6.45) is 2.10. The minimum Gasteiger partial charge on any atom is -0.481 e. The van der Waals surface area contributed by atoms with Crippen molar-refractivity contribution in [3.63, 3.8) is 0 Å². The second-order valence-electron chi connectivity index (χ2n) is 2.65. The van der Waals surface area contributed by atoms with E-state index in [9.17, 15) is 9.59 Å². The molecule has 0 bridgehead atoms. The summed E-state index contributed by atoms with van der Waals surface area (Å²) in [5, 5.41) is 11.1. The number of carboxylic acids is 1. The molecule has 0 radical (unpaired) electrons. The molecule has 0 amide bonds. The fourth-order valence-electron chi connectivity index (χ4n) is 0.758. The molecule has 2 N–H and O–H groups in total. The number of aliphatic carboxylic acids is 1. The summed E-state index contributed by atoms with van der Waals surface area (Å²) in [5.41, 5.74) is 0. The molecule has 5 heteroatoms. The van der Waals surface area contributed by atoms with Crippen molar-refractivity contribution in [3.05, 3.63) is 12.7 Å². The van der Waals surface area contributed by atoms with Gasteiger partial charge in [0.1, 0.15) is 6.61 Å². The Morgan fingerprint density at radius 2 is 2.21 bits per heavy atom. The lowest BCUT2D eigenvalue weighted by molar-refractivity contribution is -0.141. The van der Waals surface area contributed by atoms with Gasteiger partial charge in [0.25, 0.3) is 0 Å². The average Bonchev–Trinajstić information content (AvgIpc) is 2.13. The van der Waals surface area contributed by atoms with Gasteiger partial charge in [0, 0.05) is 6.42 Å². The zero-order chi connectivity index (χ0) is 10.8. The van der Waals surface area contributed by atoms with Crippen molar-refractivity contribution >= 4 is 11.9 Å². The van der Waals surface area contributed by atoms with Crippen molar-refractivity contribution in [3.8, 4) is 0 Å². The van der Waals surface area contributed by atoms with Crippen LogP contribution in [0.4, 0.5) is 0 Å². The Hall–Kier alpha value is -1.36. The van der Waals surface area contributed by atoms with Gasteiger partial charge in [-0.05, 0) is 13.0 Å². The van der Waals surface area contributed by atoms with E-state index in [4.69, 9.17) is 5.11 Å². The Kier molecular flexibility index (Phi) is 7.45. The van der Waals surface area contributed by atoms with E-state index in [0.717, 1.165) is 0 Å². The molecule has 0 aliphatic carbocycles. The molecule has 80 valence electrons. The molecule has 5 nitrogen and oxygen atoms in total. The Morgan fingerprint density at radius 3 is 2.79 bits per heavy atom. The maximum atomic E-state index is 10.9. The lowest BCUT2D eigenvalue weighted by Gasteiger charge is -2.03. The van der Waals surface area contributed by atoms with Crippen molar-refractivity contribution in [1.29, 1.82) is 0 Å². The molecular formula is C9H15NO4. The van der Waals surface area contributed by atoms with Crippen molar-refractivity contribution in [2.45, 2.75) is 12.8 Å². The third-order valence-corrected chi connectivity index (χ3v) is 1.38. The Bertz CT molecular complexity index is 203. The van der Waals surface area contributed by atoms with E-state index in [0.29, 0.717) is 13.0 Å². The normalized spacial score (nSPS) is 9.43. The van der Waals surface area contributed by atoms with Gasteiger partial charge >= 0.3 is 11.9 Å². The Balaban J connectivity index is 3.22. The summed E-state index contributed by atoms with van der Waals surface area (Å²) in [6, 6.07) is 0. The third-order valence-electron chi connectivity index (χ3n) is 1.38. The average molecular weight is 201 g/mol. The molecule has 0 heterocycles. The first-order valence-corrected chi connectivity index (χ1v) is 4.36. The van der Waals surface area contributed by atoms with Crippen LogP contribution in [0.2, 0.25) is 0 Å². The highest BCUT2D eigenvalue weighted by molar-refractivity contribution is 5.71. The third kappa shape index (κ3) is 8.73. The van der Waals surface area contributed by atoms with Gasteiger partial charge in [-0.2, -0.15) is 0 Å². The minimum atomic E-state index is -0.832. The first-order chi connectivity index (χ1) is 6.66. The van der Waals surface area contributed by atoms with Crippen LogP contribution in [-0.4, -0.2) is 36.7 Å². The van der Waals surface area contributed by atoms with E-state index in [1.807, 2.05) is 0 Å². The van der Waals surface area contributed by atoms with Crippen LogP contribution in [0.25, 0.3) is 0 Å². The topological polar surface area (TPSA) is 75.6 Å². The van der Waals surface area contributed by atoms with Crippen LogP contribution >= 0.6 is 0 Å². The van der Waals surface area contributed by atoms with E-state index in [1.165, 1.54) is 6.08 Å². The first kappa shape index (κ1) is 12.6. The molecule has 14 heavy (non-hydrogen) atoms. The number of hydrogen-bond acceptors (Lipinski definition) is 4. The van der Waals surface area contributed by atoms with Crippen LogP contribution in [0, 0.1) is 0 Å². The molecule has 0 fully saturated rings. The molecule has 0 aromatic carbocycles. The molecule has 0 aliphatic heterocycles. The molecule has 0 aliphatic rings. The van der Waals surface area contributed by atoms with Gasteiger partial charge in [0.15, 0.2) is 0 Å². The zero-order valence-corrected chi connectivity index (χ0v) is 7.99. The summed E-state index contributed by atoms with van der Waals surface area (Å²) in [7, 11) is 0. The predicted molar refractivity (Wildman–Crippen MR) is 50.9 cm³/mol. The first-order valence-electron chi connectivity index (χ1n) is 4.36. The van der Waals surface area contributed by atoms with Gasteiger partial charge in [-0.1, -0.05) is 12.7 Å². The van der Waals surface area contributed by atoms with Gasteiger partial charge in [-0.25, -0.2) is 0 Å². The minimum absolute atomic E-state index is 0.105. The smallest absolute Gasteiger partial charge is 0.320 e. The van der Waals surface area contributed by atoms with Gasteiger partial charge < -0.3 is 15.2 Å². The number of carbonyl (C=O) groups excluding carboxylic acids is 1. The fourth-order valence-corrected chi connectivity index (χ4v) is 0.758. The maximum Gasteiger partial charge on any atom is 0.320 e. The molecule has 0 aromatic heterocycles. The SMILES string of the molecule is C=CCOC(=O)CNCCCC(=O)O. The number of carboxylic acid groups (broad SMARTS) is 1. The largest absolute Gasteiger partial charge is 0.481 e. The second-order valence-corrected chi connectivity index (χ2v) is 2.65. The van der Waals surface area contributed by atoms with Crippen LogP contribution in [-0.2, 0) is 14.3 Å². The number of carbonyl (C=O) groups is 2. The number of hydrogen-bond donors (Lipinski definition) is 2. The van der Waals surface area contributed by atoms with E-state index >= 15 is 0 Å². The lowest BCUT2D eigenvalue weighted by atomic mass is 10.3. The van der Waals surface area contributed by atoms with E-state index in [2.05, 4.69) is 16.6 Å². The lowest BCUT2D eigenvalue weighted by Crippen LogP contribution is -2.26. The molecule has 0 spiro atoms. The van der Waals surface area contributed by atoms with Crippen LogP contribution in [0.5, 0.6) is 0 Å². The number of ether oxygens (including phenoxy) is 1. The molecule has 0 atom stereocenters. The van der Waals surface area contributed by atoms with Gasteiger partial charge in [0.05, 0.1) is 6.54 Å². The van der Waals surface area contributed by atoms with E-state index < -0.39 is 5.97 Å². The molecule has 0 saturated heterocycles. The monoisotopic (exact) mass is 201 g/mol. The van der Waals surface area contributed by atoms with E-state index in [-0.39, 0.29) is 25.5 Å². The number of rotatable bonds is 8. The summed E-state index contributed by atoms with van der Waals surface area (Å²) >= 11 is 0. The zero-order valence-electron chi connectivity index (χ0n) is 7.99. The van der Waals surface area contributed by atoms with Crippen molar-refractivity contribution in [2.24, 2.45) is 0 Å². The van der Waals surface area contributed by atoms with Crippen molar-refractivity contribution < 1.29 is 19.4 Å². The van der Waals surface area contributed by atoms with Crippen molar-refractivity contribution in [1.82, 2.24) is 5.32 Å².